The van der Waals surface area contributed by atoms with E-state index < -0.39 is 0 Å². The highest BCUT2D eigenvalue weighted by Crippen LogP contribution is 2.52. The van der Waals surface area contributed by atoms with E-state index in [2.05, 4.69) is 34.6 Å². The molecule has 86 valence electrons. The molecule has 2 aliphatic carbocycles. The Labute approximate surface area is 95.1 Å². The zero-order chi connectivity index (χ0) is 11.2. The third-order valence-corrected chi connectivity index (χ3v) is 5.17. The molecule has 0 aliphatic heterocycles. The minimum atomic E-state index is 0.870. The highest BCUT2D eigenvalue weighted by molar-refractivity contribution is 5.29. The van der Waals surface area contributed by atoms with Crippen LogP contribution in [-0.2, 0) is 0 Å². The van der Waals surface area contributed by atoms with Crippen LogP contribution in [0.15, 0.2) is 11.1 Å². The number of hydrogen-bond donors (Lipinski definition) is 0. The van der Waals surface area contributed by atoms with E-state index in [1.165, 1.54) is 19.3 Å². The molecule has 0 nitrogen and oxygen atoms in total. The lowest BCUT2D eigenvalue weighted by Gasteiger charge is -2.49. The van der Waals surface area contributed by atoms with Crippen LogP contribution >= 0.6 is 0 Å². The van der Waals surface area contributed by atoms with Gasteiger partial charge in [0.25, 0.3) is 0 Å². The van der Waals surface area contributed by atoms with Gasteiger partial charge in [0.1, 0.15) is 0 Å². The Morgan fingerprint density at radius 3 is 2.40 bits per heavy atom. The van der Waals surface area contributed by atoms with Crippen molar-refractivity contribution in [2.45, 2.75) is 53.9 Å². The highest BCUT2D eigenvalue weighted by atomic mass is 14.5. The molecule has 2 aliphatic rings. The molecule has 0 heterocycles. The van der Waals surface area contributed by atoms with Crippen molar-refractivity contribution in [2.75, 3.05) is 0 Å². The van der Waals surface area contributed by atoms with E-state index >= 15 is 0 Å². The molecule has 0 saturated heterocycles. The van der Waals surface area contributed by atoms with Gasteiger partial charge in [0.15, 0.2) is 0 Å². The van der Waals surface area contributed by atoms with Crippen molar-refractivity contribution < 1.29 is 0 Å². The molecule has 0 aromatic heterocycles. The summed E-state index contributed by atoms with van der Waals surface area (Å²) in [6, 6.07) is 0. The van der Waals surface area contributed by atoms with Gasteiger partial charge in [0.2, 0.25) is 0 Å². The Kier molecular flexibility index (Phi) is 2.96. The lowest BCUT2D eigenvalue weighted by atomic mass is 9.56. The van der Waals surface area contributed by atoms with Crippen LogP contribution in [0.3, 0.4) is 0 Å². The fourth-order valence-electron chi connectivity index (χ4n) is 4.33. The minimum absolute atomic E-state index is 0.870. The molecular weight excluding hydrogens is 180 g/mol. The molecule has 0 radical (unpaired) electrons. The fourth-order valence-corrected chi connectivity index (χ4v) is 4.33. The van der Waals surface area contributed by atoms with Gasteiger partial charge in [-0.3, -0.25) is 0 Å². The molecule has 2 rings (SSSR count). The fraction of sp³-hybridized carbons (Fsp3) is 0.867. The molecule has 0 amide bonds. The second-order valence-corrected chi connectivity index (χ2v) is 6.08. The van der Waals surface area contributed by atoms with Crippen molar-refractivity contribution in [1.29, 1.82) is 0 Å². The predicted octanol–water partition coefficient (Wildman–Crippen LogP) is 4.66. The van der Waals surface area contributed by atoms with Crippen LogP contribution in [0.25, 0.3) is 0 Å². The van der Waals surface area contributed by atoms with Crippen molar-refractivity contribution >= 4 is 0 Å². The number of hydrogen-bond acceptors (Lipinski definition) is 0. The first-order valence-corrected chi connectivity index (χ1v) is 6.75. The summed E-state index contributed by atoms with van der Waals surface area (Å²) >= 11 is 0. The topological polar surface area (TPSA) is 0 Å². The Morgan fingerprint density at radius 1 is 1.33 bits per heavy atom. The molecule has 1 fully saturated rings. The molecule has 0 spiro atoms. The predicted molar refractivity (Wildman–Crippen MR) is 66.7 cm³/mol. The Hall–Kier alpha value is -0.260. The van der Waals surface area contributed by atoms with E-state index in [-0.39, 0.29) is 0 Å². The summed E-state index contributed by atoms with van der Waals surface area (Å²) in [4.78, 5) is 0. The van der Waals surface area contributed by atoms with E-state index in [1.807, 2.05) is 5.57 Å². The molecule has 1 saturated carbocycles. The van der Waals surface area contributed by atoms with Crippen molar-refractivity contribution in [3.8, 4) is 0 Å². The SMILES string of the molecule is CCC1C(C)CC1C(C)C1=C(C)CC1C. The molecule has 15 heavy (non-hydrogen) atoms. The van der Waals surface area contributed by atoms with Crippen LogP contribution in [0, 0.1) is 29.6 Å². The average molecular weight is 206 g/mol. The normalized spacial score (nSPS) is 42.2. The first-order chi connectivity index (χ1) is 7.06. The van der Waals surface area contributed by atoms with Crippen LogP contribution in [-0.4, -0.2) is 0 Å². The van der Waals surface area contributed by atoms with Gasteiger partial charge in [-0.05, 0) is 49.4 Å². The monoisotopic (exact) mass is 206 g/mol. The van der Waals surface area contributed by atoms with Gasteiger partial charge in [0.05, 0.1) is 0 Å². The van der Waals surface area contributed by atoms with Crippen LogP contribution < -0.4 is 0 Å². The standard InChI is InChI=1S/C15H26/c1-6-13-9(2)8-14(13)12(5)15-10(3)7-11(15)4/h9-10,12-14H,6-8H2,1-5H3. The summed E-state index contributed by atoms with van der Waals surface area (Å²) < 4.78 is 0. The average Bonchev–Trinajstić information content (AvgIpc) is 2.13. The van der Waals surface area contributed by atoms with Crippen molar-refractivity contribution in [3.05, 3.63) is 11.1 Å². The summed E-state index contributed by atoms with van der Waals surface area (Å²) in [5.74, 6) is 4.74. The maximum atomic E-state index is 2.48. The zero-order valence-electron chi connectivity index (χ0n) is 11.0. The quantitative estimate of drug-likeness (QED) is 0.589. The Balaban J connectivity index is 2.04. The molecule has 5 atom stereocenters. The highest BCUT2D eigenvalue weighted by Gasteiger charge is 2.42. The first-order valence-electron chi connectivity index (χ1n) is 6.75. The largest absolute Gasteiger partial charge is 0.0730 e. The van der Waals surface area contributed by atoms with Crippen molar-refractivity contribution in [2.24, 2.45) is 29.6 Å². The van der Waals surface area contributed by atoms with Gasteiger partial charge in [0, 0.05) is 0 Å². The summed E-state index contributed by atoms with van der Waals surface area (Å²) in [5.41, 5.74) is 3.51. The van der Waals surface area contributed by atoms with Crippen LogP contribution in [0.5, 0.6) is 0 Å². The van der Waals surface area contributed by atoms with Crippen LogP contribution in [0.4, 0.5) is 0 Å². The lowest BCUT2D eigenvalue weighted by molar-refractivity contribution is 0.0441. The Bertz CT molecular complexity index is 274. The maximum Gasteiger partial charge on any atom is -0.0189 e. The second-order valence-electron chi connectivity index (χ2n) is 6.08. The van der Waals surface area contributed by atoms with E-state index in [0.717, 1.165) is 29.6 Å². The molecule has 0 bridgehead atoms. The van der Waals surface area contributed by atoms with Crippen LogP contribution in [0.1, 0.15) is 53.9 Å². The second kappa shape index (κ2) is 3.96. The molecule has 0 N–H and O–H groups in total. The lowest BCUT2D eigenvalue weighted by Crippen LogP contribution is -2.41. The summed E-state index contributed by atoms with van der Waals surface area (Å²) in [7, 11) is 0. The summed E-state index contributed by atoms with van der Waals surface area (Å²) in [5, 5.41) is 0. The summed E-state index contributed by atoms with van der Waals surface area (Å²) in [6.45, 7) is 12.0. The van der Waals surface area contributed by atoms with Crippen molar-refractivity contribution in [1.82, 2.24) is 0 Å². The first kappa shape index (κ1) is 11.2. The maximum absolute atomic E-state index is 2.48. The number of allylic oxidation sites excluding steroid dienone is 2. The molecule has 0 aromatic rings. The zero-order valence-corrected chi connectivity index (χ0v) is 11.0. The van der Waals surface area contributed by atoms with Gasteiger partial charge in [-0.2, -0.15) is 0 Å². The van der Waals surface area contributed by atoms with Gasteiger partial charge in [-0.25, -0.2) is 0 Å². The van der Waals surface area contributed by atoms with E-state index in [1.54, 1.807) is 5.57 Å². The van der Waals surface area contributed by atoms with Crippen molar-refractivity contribution in [3.63, 3.8) is 0 Å². The molecule has 0 heteroatoms. The van der Waals surface area contributed by atoms with E-state index in [4.69, 9.17) is 0 Å². The van der Waals surface area contributed by atoms with Gasteiger partial charge >= 0.3 is 0 Å². The van der Waals surface area contributed by atoms with Gasteiger partial charge in [-0.15, -0.1) is 0 Å². The molecular formula is C15H26. The number of rotatable bonds is 3. The summed E-state index contributed by atoms with van der Waals surface area (Å²) in [6.07, 6.45) is 4.22. The van der Waals surface area contributed by atoms with Gasteiger partial charge < -0.3 is 0 Å². The minimum Gasteiger partial charge on any atom is -0.0730 e. The van der Waals surface area contributed by atoms with Gasteiger partial charge in [-0.1, -0.05) is 45.3 Å². The third-order valence-electron chi connectivity index (χ3n) is 5.17. The molecule has 0 aromatic carbocycles. The van der Waals surface area contributed by atoms with Crippen LogP contribution in [0.2, 0.25) is 0 Å². The van der Waals surface area contributed by atoms with E-state index in [0.29, 0.717) is 0 Å². The van der Waals surface area contributed by atoms with E-state index in [9.17, 15) is 0 Å². The Morgan fingerprint density at radius 2 is 2.00 bits per heavy atom. The third kappa shape index (κ3) is 1.66. The molecule has 5 unspecified atom stereocenters. The smallest absolute Gasteiger partial charge is 0.0189 e.